The molecule has 0 aliphatic carbocycles. The quantitative estimate of drug-likeness (QED) is 0.174. The van der Waals surface area contributed by atoms with Gasteiger partial charge in [0.2, 0.25) is 0 Å². The Balaban J connectivity index is 1.72. The number of fused-ring (bicyclic) bond motifs is 2. The zero-order chi connectivity index (χ0) is 23.4. The molecule has 4 rings (SSSR count). The fourth-order valence-corrected chi connectivity index (χ4v) is 3.81. The minimum absolute atomic E-state index is 0.00240. The van der Waals surface area contributed by atoms with Crippen molar-refractivity contribution in [2.45, 2.75) is 6.54 Å². The summed E-state index contributed by atoms with van der Waals surface area (Å²) in [6.45, 7) is 0.565. The van der Waals surface area contributed by atoms with E-state index in [1.54, 1.807) is 18.2 Å². The molecule has 4 aromatic rings. The molecule has 168 valence electrons. The molecule has 1 aromatic heterocycles. The van der Waals surface area contributed by atoms with E-state index in [-0.39, 0.29) is 19.0 Å². The third-order valence-corrected chi connectivity index (χ3v) is 5.42. The number of rotatable bonds is 7. The number of ether oxygens (including phenoxy) is 2. The number of amidine groups is 1. The lowest BCUT2D eigenvalue weighted by molar-refractivity contribution is 0.0495. The van der Waals surface area contributed by atoms with Crippen LogP contribution in [0.2, 0.25) is 0 Å². The van der Waals surface area contributed by atoms with Gasteiger partial charge in [0.25, 0.3) is 0 Å². The summed E-state index contributed by atoms with van der Waals surface area (Å²) in [6.07, 6.45) is -0.590. The molecule has 0 spiro atoms. The van der Waals surface area contributed by atoms with Gasteiger partial charge in [0.15, 0.2) is 0 Å². The van der Waals surface area contributed by atoms with Crippen LogP contribution in [0.4, 0.5) is 4.79 Å². The van der Waals surface area contributed by atoms with Gasteiger partial charge in [-0.15, -0.1) is 0 Å². The second-order valence-corrected chi connectivity index (χ2v) is 7.50. The van der Waals surface area contributed by atoms with Crippen molar-refractivity contribution in [1.29, 1.82) is 5.41 Å². The van der Waals surface area contributed by atoms with Crippen molar-refractivity contribution in [3.63, 3.8) is 0 Å². The predicted molar refractivity (Wildman–Crippen MR) is 127 cm³/mol. The zero-order valence-corrected chi connectivity index (χ0v) is 18.1. The summed E-state index contributed by atoms with van der Waals surface area (Å²) < 4.78 is 11.8. The lowest BCUT2D eigenvalue weighted by Crippen LogP contribution is -2.28. The average molecular weight is 444 g/mol. The lowest BCUT2D eigenvalue weighted by Gasteiger charge is -2.13. The molecule has 0 radical (unpaired) electrons. The van der Waals surface area contributed by atoms with E-state index in [1.807, 2.05) is 53.1 Å². The smallest absolute Gasteiger partial charge is 0.406 e. The highest BCUT2D eigenvalue weighted by Gasteiger charge is 2.19. The molecule has 8 heteroatoms. The molecular weight excluding hydrogens is 420 g/mol. The van der Waals surface area contributed by atoms with Crippen LogP contribution in [-0.2, 0) is 16.0 Å². The Morgan fingerprint density at radius 3 is 2.61 bits per heavy atom. The Hall–Kier alpha value is -4.33. The number of hydrogen-bond donors (Lipinski definition) is 3. The molecule has 1 amide bonds. The Morgan fingerprint density at radius 1 is 1.03 bits per heavy atom. The molecule has 0 unspecified atom stereocenters. The molecule has 0 bridgehead atoms. The fraction of sp³-hybridized carbons (Fsp3) is 0.160. The molecular formula is C25H24N4O4. The maximum atomic E-state index is 13.0. The molecule has 0 aliphatic rings. The zero-order valence-electron chi connectivity index (χ0n) is 18.1. The first kappa shape index (κ1) is 21.9. The topological polar surface area (TPSA) is 119 Å². The standard InChI is InChI=1S/C25H24N4O4/c1-32-25(31)28-11-12-33-24(30)22-13-17-9-10-18(23(26)27)14-21(17)29(22)15-19-7-4-6-16-5-2-3-8-20(16)19/h2-10,13-14H,11-12,15H2,1H3,(H3,26,27)(H,28,31). The highest BCUT2D eigenvalue weighted by atomic mass is 16.5. The summed E-state index contributed by atoms with van der Waals surface area (Å²) in [7, 11) is 1.27. The first-order valence-electron chi connectivity index (χ1n) is 10.4. The van der Waals surface area contributed by atoms with Crippen molar-refractivity contribution in [3.8, 4) is 0 Å². The highest BCUT2D eigenvalue weighted by molar-refractivity contribution is 6.01. The van der Waals surface area contributed by atoms with Crippen LogP contribution < -0.4 is 11.1 Å². The first-order chi connectivity index (χ1) is 16.0. The van der Waals surface area contributed by atoms with Crippen LogP contribution >= 0.6 is 0 Å². The largest absolute Gasteiger partial charge is 0.459 e. The SMILES string of the molecule is COC(=O)NCCOC(=O)c1cc2ccc(C(=N)N)cc2n1Cc1cccc2ccccc12. The van der Waals surface area contributed by atoms with Crippen LogP contribution in [0.15, 0.2) is 66.7 Å². The second-order valence-electron chi connectivity index (χ2n) is 7.50. The van der Waals surface area contributed by atoms with Crippen molar-refractivity contribution in [2.24, 2.45) is 5.73 Å². The minimum atomic E-state index is -0.590. The van der Waals surface area contributed by atoms with Crippen molar-refractivity contribution in [3.05, 3.63) is 83.6 Å². The van der Waals surface area contributed by atoms with Gasteiger partial charge in [-0.25, -0.2) is 9.59 Å². The normalized spacial score (nSPS) is 10.8. The van der Waals surface area contributed by atoms with Crippen molar-refractivity contribution >= 4 is 39.6 Å². The summed E-state index contributed by atoms with van der Waals surface area (Å²) in [5.41, 5.74) is 8.46. The molecule has 1 heterocycles. The average Bonchev–Trinajstić information content (AvgIpc) is 3.19. The van der Waals surface area contributed by atoms with Crippen LogP contribution in [-0.4, -0.2) is 42.7 Å². The van der Waals surface area contributed by atoms with E-state index in [0.29, 0.717) is 17.8 Å². The third-order valence-electron chi connectivity index (χ3n) is 5.42. The van der Waals surface area contributed by atoms with E-state index in [4.69, 9.17) is 15.9 Å². The number of alkyl carbamates (subject to hydrolysis) is 1. The third kappa shape index (κ3) is 4.64. The maximum absolute atomic E-state index is 13.0. The van der Waals surface area contributed by atoms with Gasteiger partial charge < -0.3 is 25.1 Å². The maximum Gasteiger partial charge on any atom is 0.406 e. The number of hydrogen-bond acceptors (Lipinski definition) is 5. The summed E-state index contributed by atoms with van der Waals surface area (Å²) in [4.78, 5) is 24.2. The molecule has 8 nitrogen and oxygen atoms in total. The van der Waals surface area contributed by atoms with Gasteiger partial charge in [0, 0.05) is 23.0 Å². The number of benzene rings is 3. The van der Waals surface area contributed by atoms with Crippen LogP contribution in [0.5, 0.6) is 0 Å². The van der Waals surface area contributed by atoms with E-state index in [1.165, 1.54) is 7.11 Å². The molecule has 0 saturated carbocycles. The number of methoxy groups -OCH3 is 1. The molecule has 4 N–H and O–H groups in total. The van der Waals surface area contributed by atoms with Gasteiger partial charge in [-0.1, -0.05) is 54.6 Å². The summed E-state index contributed by atoms with van der Waals surface area (Å²) in [5, 5.41) is 13.3. The van der Waals surface area contributed by atoms with Crippen LogP contribution in [0.1, 0.15) is 21.6 Å². The number of nitrogens with two attached hydrogens (primary N) is 1. The van der Waals surface area contributed by atoms with Gasteiger partial charge in [-0.05, 0) is 28.5 Å². The molecule has 3 aromatic carbocycles. The van der Waals surface area contributed by atoms with Gasteiger partial charge in [0.05, 0.1) is 13.7 Å². The van der Waals surface area contributed by atoms with Gasteiger partial charge >= 0.3 is 12.1 Å². The molecule has 33 heavy (non-hydrogen) atoms. The minimum Gasteiger partial charge on any atom is -0.459 e. The molecule has 0 aliphatic heterocycles. The summed E-state index contributed by atoms with van der Waals surface area (Å²) in [5.74, 6) is -0.560. The van der Waals surface area contributed by atoms with E-state index in [9.17, 15) is 9.59 Å². The Morgan fingerprint density at radius 2 is 1.82 bits per heavy atom. The van der Waals surface area contributed by atoms with E-state index in [0.717, 1.165) is 27.2 Å². The predicted octanol–water partition coefficient (Wildman–Crippen LogP) is 3.64. The van der Waals surface area contributed by atoms with Gasteiger partial charge in [0.1, 0.15) is 18.1 Å². The van der Waals surface area contributed by atoms with Gasteiger partial charge in [-0.3, -0.25) is 5.41 Å². The number of carbonyl (C=O) groups excluding carboxylic acids is 2. The van der Waals surface area contributed by atoms with Crippen LogP contribution in [0.25, 0.3) is 21.7 Å². The number of nitrogens with zero attached hydrogens (tertiary/aromatic N) is 1. The van der Waals surface area contributed by atoms with Crippen molar-refractivity contribution in [2.75, 3.05) is 20.3 Å². The Labute approximate surface area is 190 Å². The number of aromatic nitrogens is 1. The monoisotopic (exact) mass is 444 g/mol. The first-order valence-corrected chi connectivity index (χ1v) is 10.4. The van der Waals surface area contributed by atoms with Crippen LogP contribution in [0.3, 0.4) is 0 Å². The molecule has 0 saturated heterocycles. The number of amides is 1. The number of nitrogen functional groups attached to an aromatic ring is 1. The molecule has 0 fully saturated rings. The van der Waals surface area contributed by atoms with E-state index >= 15 is 0 Å². The van der Waals surface area contributed by atoms with Crippen molar-refractivity contribution in [1.82, 2.24) is 9.88 Å². The highest BCUT2D eigenvalue weighted by Crippen LogP contribution is 2.26. The number of esters is 1. The fourth-order valence-electron chi connectivity index (χ4n) is 3.81. The molecule has 0 atom stereocenters. The Bertz CT molecular complexity index is 1350. The lowest BCUT2D eigenvalue weighted by atomic mass is 10.0. The van der Waals surface area contributed by atoms with Crippen molar-refractivity contribution < 1.29 is 19.1 Å². The Kier molecular flexibility index (Phi) is 6.26. The summed E-state index contributed by atoms with van der Waals surface area (Å²) >= 11 is 0. The summed E-state index contributed by atoms with van der Waals surface area (Å²) in [6, 6.07) is 21.3. The van der Waals surface area contributed by atoms with E-state index in [2.05, 4.69) is 10.1 Å². The van der Waals surface area contributed by atoms with Crippen LogP contribution in [0, 0.1) is 5.41 Å². The van der Waals surface area contributed by atoms with Gasteiger partial charge in [-0.2, -0.15) is 0 Å². The van der Waals surface area contributed by atoms with E-state index < -0.39 is 12.1 Å². The number of carbonyl (C=O) groups is 2. The number of nitrogens with one attached hydrogen (secondary N) is 2. The second kappa shape index (κ2) is 9.44.